The Balaban J connectivity index is 2.38. The van der Waals surface area contributed by atoms with Crippen LogP contribution in [0.2, 0.25) is 0 Å². The van der Waals surface area contributed by atoms with Crippen molar-refractivity contribution in [3.8, 4) is 6.07 Å². The van der Waals surface area contributed by atoms with E-state index in [-0.39, 0.29) is 0 Å². The van der Waals surface area contributed by atoms with Gasteiger partial charge in [0.05, 0.1) is 16.9 Å². The molecule has 0 aromatic heterocycles. The Hall–Kier alpha value is -1.69. The summed E-state index contributed by atoms with van der Waals surface area (Å²) >= 11 is 0. The molecule has 2 N–H and O–H groups in total. The lowest BCUT2D eigenvalue weighted by atomic mass is 10.1. The number of nitriles is 1. The molecule has 0 bridgehead atoms. The van der Waals surface area contributed by atoms with Crippen LogP contribution in [0.15, 0.2) is 18.2 Å². The molecule has 0 spiro atoms. The minimum atomic E-state index is 0.578. The van der Waals surface area contributed by atoms with Gasteiger partial charge in [-0.1, -0.05) is 6.07 Å². The van der Waals surface area contributed by atoms with Crippen LogP contribution in [0, 0.1) is 11.3 Å². The lowest BCUT2D eigenvalue weighted by Crippen LogP contribution is -2.19. The van der Waals surface area contributed by atoms with Gasteiger partial charge in [0, 0.05) is 13.1 Å². The van der Waals surface area contributed by atoms with Crippen LogP contribution in [-0.4, -0.2) is 13.1 Å². The van der Waals surface area contributed by atoms with E-state index in [2.05, 4.69) is 11.0 Å². The van der Waals surface area contributed by atoms with E-state index >= 15 is 0 Å². The molecular formula is C11H13N3. The third-order valence-corrected chi connectivity index (χ3v) is 2.65. The predicted octanol–water partition coefficient (Wildman–Crippen LogP) is 1.74. The average Bonchev–Trinajstić information content (AvgIpc) is 2.71. The maximum atomic E-state index is 8.84. The minimum absolute atomic E-state index is 0.578. The fraction of sp³-hybridized carbons (Fsp3) is 0.364. The van der Waals surface area contributed by atoms with Gasteiger partial charge in [-0.05, 0) is 25.0 Å². The second kappa shape index (κ2) is 3.59. The zero-order valence-corrected chi connectivity index (χ0v) is 8.03. The second-order valence-corrected chi connectivity index (χ2v) is 3.54. The van der Waals surface area contributed by atoms with Gasteiger partial charge in [0.2, 0.25) is 0 Å². The molecule has 0 saturated carbocycles. The van der Waals surface area contributed by atoms with Crippen LogP contribution in [-0.2, 0) is 0 Å². The summed E-state index contributed by atoms with van der Waals surface area (Å²) in [5.74, 6) is 0. The minimum Gasteiger partial charge on any atom is -0.396 e. The molecule has 1 aliphatic rings. The Labute approximate surface area is 83.7 Å². The molecule has 0 radical (unpaired) electrons. The van der Waals surface area contributed by atoms with Crippen molar-refractivity contribution in [3.63, 3.8) is 0 Å². The summed E-state index contributed by atoms with van der Waals surface area (Å²) in [7, 11) is 0. The van der Waals surface area contributed by atoms with Gasteiger partial charge in [-0.3, -0.25) is 0 Å². The SMILES string of the molecule is N#Cc1cccc(N2CCCC2)c1N. The van der Waals surface area contributed by atoms with E-state index in [1.165, 1.54) is 12.8 Å². The number of nitrogen functional groups attached to an aromatic ring is 1. The molecule has 14 heavy (non-hydrogen) atoms. The topological polar surface area (TPSA) is 53.0 Å². The van der Waals surface area contributed by atoms with Crippen molar-refractivity contribution in [3.05, 3.63) is 23.8 Å². The number of rotatable bonds is 1. The van der Waals surface area contributed by atoms with Crippen molar-refractivity contribution in [1.29, 1.82) is 5.26 Å². The normalized spacial score (nSPS) is 15.5. The van der Waals surface area contributed by atoms with Gasteiger partial charge in [0.15, 0.2) is 0 Å². The first-order valence-electron chi connectivity index (χ1n) is 4.86. The molecule has 0 unspecified atom stereocenters. The van der Waals surface area contributed by atoms with E-state index < -0.39 is 0 Å². The standard InChI is InChI=1S/C11H13N3/c12-8-9-4-3-5-10(11(9)13)14-6-1-2-7-14/h3-5H,1-2,6-7,13H2. The van der Waals surface area contributed by atoms with Gasteiger partial charge in [0.25, 0.3) is 0 Å². The number of nitrogens with two attached hydrogens (primary N) is 1. The number of nitrogens with zero attached hydrogens (tertiary/aromatic N) is 2. The Morgan fingerprint density at radius 1 is 1.29 bits per heavy atom. The average molecular weight is 187 g/mol. The van der Waals surface area contributed by atoms with Crippen LogP contribution in [0.1, 0.15) is 18.4 Å². The number of hydrogen-bond donors (Lipinski definition) is 1. The lowest BCUT2D eigenvalue weighted by Gasteiger charge is -2.19. The van der Waals surface area contributed by atoms with Crippen LogP contribution in [0.5, 0.6) is 0 Å². The van der Waals surface area contributed by atoms with Gasteiger partial charge >= 0.3 is 0 Å². The molecule has 0 aliphatic carbocycles. The summed E-state index contributed by atoms with van der Waals surface area (Å²) in [6.07, 6.45) is 2.44. The van der Waals surface area contributed by atoms with Crippen LogP contribution < -0.4 is 10.6 Å². The highest BCUT2D eigenvalue weighted by Gasteiger charge is 2.15. The van der Waals surface area contributed by atoms with Gasteiger partial charge in [-0.25, -0.2) is 0 Å². The smallest absolute Gasteiger partial charge is 0.101 e. The van der Waals surface area contributed by atoms with E-state index in [9.17, 15) is 0 Å². The van der Waals surface area contributed by atoms with Crippen molar-refractivity contribution in [2.45, 2.75) is 12.8 Å². The molecular weight excluding hydrogens is 174 g/mol. The molecule has 2 rings (SSSR count). The Bertz CT molecular complexity index is 373. The summed E-state index contributed by atoms with van der Waals surface area (Å²) in [4.78, 5) is 2.25. The van der Waals surface area contributed by atoms with Crippen molar-refractivity contribution in [2.24, 2.45) is 0 Å². The molecule has 1 aromatic carbocycles. The fourth-order valence-electron chi connectivity index (χ4n) is 1.88. The van der Waals surface area contributed by atoms with Gasteiger partial charge < -0.3 is 10.6 Å². The highest BCUT2D eigenvalue weighted by molar-refractivity contribution is 5.74. The van der Waals surface area contributed by atoms with E-state index in [0.29, 0.717) is 11.3 Å². The van der Waals surface area contributed by atoms with Crippen molar-refractivity contribution in [2.75, 3.05) is 23.7 Å². The Morgan fingerprint density at radius 3 is 2.64 bits per heavy atom. The molecule has 0 amide bonds. The zero-order valence-electron chi connectivity index (χ0n) is 8.03. The monoisotopic (exact) mass is 187 g/mol. The fourth-order valence-corrected chi connectivity index (χ4v) is 1.88. The molecule has 1 fully saturated rings. The van der Waals surface area contributed by atoms with E-state index in [1.807, 2.05) is 12.1 Å². The Morgan fingerprint density at radius 2 is 2.00 bits per heavy atom. The van der Waals surface area contributed by atoms with Crippen molar-refractivity contribution in [1.82, 2.24) is 0 Å². The maximum absolute atomic E-state index is 8.84. The van der Waals surface area contributed by atoms with E-state index in [1.54, 1.807) is 6.07 Å². The Kier molecular flexibility index (Phi) is 2.28. The first-order valence-corrected chi connectivity index (χ1v) is 4.86. The highest BCUT2D eigenvalue weighted by Crippen LogP contribution is 2.28. The second-order valence-electron chi connectivity index (χ2n) is 3.54. The number of hydrogen-bond acceptors (Lipinski definition) is 3. The van der Waals surface area contributed by atoms with Gasteiger partial charge in [-0.2, -0.15) is 5.26 Å². The van der Waals surface area contributed by atoms with E-state index in [4.69, 9.17) is 11.0 Å². The first-order chi connectivity index (χ1) is 6.83. The summed E-state index contributed by atoms with van der Waals surface area (Å²) in [6.45, 7) is 2.11. The van der Waals surface area contributed by atoms with Crippen LogP contribution in [0.4, 0.5) is 11.4 Å². The molecule has 3 heteroatoms. The van der Waals surface area contributed by atoms with Crippen molar-refractivity contribution < 1.29 is 0 Å². The third kappa shape index (κ3) is 1.39. The number of para-hydroxylation sites is 1. The predicted molar refractivity (Wildman–Crippen MR) is 57.0 cm³/mol. The van der Waals surface area contributed by atoms with Crippen LogP contribution in [0.3, 0.4) is 0 Å². The van der Waals surface area contributed by atoms with E-state index in [0.717, 1.165) is 18.8 Å². The van der Waals surface area contributed by atoms with Gasteiger partial charge in [0.1, 0.15) is 6.07 Å². The number of anilines is 2. The first kappa shape index (κ1) is 8.89. The van der Waals surface area contributed by atoms with Crippen LogP contribution in [0.25, 0.3) is 0 Å². The highest BCUT2D eigenvalue weighted by atomic mass is 15.1. The molecule has 1 heterocycles. The molecule has 0 atom stereocenters. The molecule has 1 aromatic rings. The zero-order chi connectivity index (χ0) is 9.97. The molecule has 72 valence electrons. The largest absolute Gasteiger partial charge is 0.396 e. The molecule has 3 nitrogen and oxygen atoms in total. The quantitative estimate of drug-likeness (QED) is 0.681. The van der Waals surface area contributed by atoms with Crippen molar-refractivity contribution >= 4 is 11.4 Å². The number of benzene rings is 1. The summed E-state index contributed by atoms with van der Waals surface area (Å²) in [5, 5.41) is 8.84. The molecule has 1 aliphatic heterocycles. The van der Waals surface area contributed by atoms with Gasteiger partial charge in [-0.15, -0.1) is 0 Å². The summed E-state index contributed by atoms with van der Waals surface area (Å²) < 4.78 is 0. The third-order valence-electron chi connectivity index (χ3n) is 2.65. The van der Waals surface area contributed by atoms with Crippen LogP contribution >= 0.6 is 0 Å². The lowest BCUT2D eigenvalue weighted by molar-refractivity contribution is 0.949. The summed E-state index contributed by atoms with van der Waals surface area (Å²) in [6, 6.07) is 7.75. The maximum Gasteiger partial charge on any atom is 0.101 e. The molecule has 1 saturated heterocycles. The summed E-state index contributed by atoms with van der Waals surface area (Å²) in [5.41, 5.74) is 8.13.